The van der Waals surface area contributed by atoms with Gasteiger partial charge in [0, 0.05) is 0 Å². The number of ether oxygens (including phenoxy) is 1. The minimum atomic E-state index is -0.770. The Balaban J connectivity index is 2.76. The first-order chi connectivity index (χ1) is 7.17. The van der Waals surface area contributed by atoms with Crippen LogP contribution in [0.5, 0.6) is 0 Å². The molecule has 0 aliphatic heterocycles. The molecule has 0 amide bonds. The van der Waals surface area contributed by atoms with Gasteiger partial charge in [-0.25, -0.2) is 4.79 Å². The number of hydrogen-bond acceptors (Lipinski definition) is 4. The first-order valence-corrected chi connectivity index (χ1v) is 4.28. The Morgan fingerprint density at radius 1 is 1.33 bits per heavy atom. The number of rotatable bonds is 2. The lowest BCUT2D eigenvalue weighted by molar-refractivity contribution is 0.0435. The molecule has 0 aromatic heterocycles. The van der Waals surface area contributed by atoms with Crippen LogP contribution in [0.15, 0.2) is 24.3 Å². The fourth-order valence-electron chi connectivity index (χ4n) is 0.936. The monoisotopic (exact) mass is 200 g/mol. The van der Waals surface area contributed by atoms with Crippen LogP contribution in [0.3, 0.4) is 0 Å². The lowest BCUT2D eigenvalue weighted by atomic mass is 10.1. The summed E-state index contributed by atoms with van der Waals surface area (Å²) in [6.45, 7) is 1.49. The lowest BCUT2D eigenvalue weighted by Crippen LogP contribution is -2.12. The largest absolute Gasteiger partial charge is 0.444 e. The van der Waals surface area contributed by atoms with Crippen molar-refractivity contribution in [3.8, 4) is 12.1 Å². The van der Waals surface area contributed by atoms with Crippen LogP contribution in [-0.4, -0.2) is 12.1 Å². The average molecular weight is 200 g/mol. The Hall–Kier alpha value is -2.33. The van der Waals surface area contributed by atoms with Crippen molar-refractivity contribution in [1.29, 1.82) is 10.5 Å². The Labute approximate surface area is 87.3 Å². The Morgan fingerprint density at radius 3 is 2.40 bits per heavy atom. The smallest absolute Gasteiger partial charge is 0.339 e. The number of carbonyl (C=O) groups excluding carboxylic acids is 1. The maximum Gasteiger partial charge on any atom is 0.339 e. The highest BCUT2D eigenvalue weighted by molar-refractivity contribution is 5.89. The molecule has 74 valence electrons. The molecule has 0 aliphatic carbocycles. The van der Waals surface area contributed by atoms with Crippen LogP contribution in [0.4, 0.5) is 0 Å². The van der Waals surface area contributed by atoms with Gasteiger partial charge in [0.2, 0.25) is 0 Å². The zero-order valence-electron chi connectivity index (χ0n) is 8.10. The Morgan fingerprint density at radius 2 is 1.93 bits per heavy atom. The van der Waals surface area contributed by atoms with Crippen LogP contribution < -0.4 is 0 Å². The zero-order chi connectivity index (χ0) is 11.3. The molecule has 1 rings (SSSR count). The highest BCUT2D eigenvalue weighted by Gasteiger charge is 2.10. The molecule has 1 aromatic rings. The molecule has 0 saturated heterocycles. The van der Waals surface area contributed by atoms with E-state index in [0.29, 0.717) is 11.1 Å². The maximum absolute atomic E-state index is 11.4. The molecule has 0 fully saturated rings. The first-order valence-electron chi connectivity index (χ1n) is 4.28. The van der Waals surface area contributed by atoms with E-state index in [2.05, 4.69) is 0 Å². The molecular formula is C11H8N2O2. The van der Waals surface area contributed by atoms with Crippen molar-refractivity contribution in [2.45, 2.75) is 13.0 Å². The van der Waals surface area contributed by atoms with E-state index in [0.717, 1.165) is 0 Å². The van der Waals surface area contributed by atoms with Gasteiger partial charge < -0.3 is 4.74 Å². The highest BCUT2D eigenvalue weighted by Crippen LogP contribution is 2.06. The number of esters is 1. The van der Waals surface area contributed by atoms with Gasteiger partial charge in [-0.2, -0.15) is 10.5 Å². The van der Waals surface area contributed by atoms with Gasteiger partial charge in [-0.15, -0.1) is 0 Å². The summed E-state index contributed by atoms with van der Waals surface area (Å²) in [5.74, 6) is -0.562. The predicted molar refractivity (Wildman–Crippen MR) is 51.6 cm³/mol. The summed E-state index contributed by atoms with van der Waals surface area (Å²) in [6, 6.07) is 9.76. The molecule has 4 heteroatoms. The van der Waals surface area contributed by atoms with E-state index < -0.39 is 12.1 Å². The fourth-order valence-corrected chi connectivity index (χ4v) is 0.936. The van der Waals surface area contributed by atoms with Crippen molar-refractivity contribution in [2.75, 3.05) is 0 Å². The molecule has 0 unspecified atom stereocenters. The predicted octanol–water partition coefficient (Wildman–Crippen LogP) is 1.63. The van der Waals surface area contributed by atoms with Crippen molar-refractivity contribution >= 4 is 5.97 Å². The standard InChI is InChI=1S/C11H8N2O2/c1-8(6-12)15-11(14)10-4-2-9(7-13)3-5-10/h2-5,8H,1H3/t8-/m1/s1. The number of nitriles is 2. The van der Waals surface area contributed by atoms with E-state index in [1.54, 1.807) is 6.07 Å². The summed E-state index contributed by atoms with van der Waals surface area (Å²) in [5, 5.41) is 17.0. The first kappa shape index (κ1) is 10.7. The molecule has 1 aromatic carbocycles. The average Bonchev–Trinajstić information content (AvgIpc) is 2.29. The number of hydrogen-bond donors (Lipinski definition) is 0. The van der Waals surface area contributed by atoms with Gasteiger partial charge in [0.1, 0.15) is 6.07 Å². The summed E-state index contributed by atoms with van der Waals surface area (Å²) in [7, 11) is 0. The van der Waals surface area contributed by atoms with Crippen LogP contribution in [0.1, 0.15) is 22.8 Å². The van der Waals surface area contributed by atoms with E-state index >= 15 is 0 Å². The van der Waals surface area contributed by atoms with Crippen molar-refractivity contribution in [2.24, 2.45) is 0 Å². The Kier molecular flexibility index (Phi) is 3.43. The number of nitrogens with zero attached hydrogens (tertiary/aromatic N) is 2. The second-order valence-electron chi connectivity index (χ2n) is 2.87. The summed E-state index contributed by atoms with van der Waals surface area (Å²) in [4.78, 5) is 11.4. The van der Waals surface area contributed by atoms with Crippen molar-refractivity contribution < 1.29 is 9.53 Å². The zero-order valence-corrected chi connectivity index (χ0v) is 8.10. The molecule has 0 heterocycles. The summed E-state index contributed by atoms with van der Waals surface area (Å²) in [6.07, 6.45) is -0.770. The van der Waals surface area contributed by atoms with E-state index in [9.17, 15) is 4.79 Å². The van der Waals surface area contributed by atoms with Gasteiger partial charge in [-0.1, -0.05) is 0 Å². The van der Waals surface area contributed by atoms with Gasteiger partial charge in [-0.3, -0.25) is 0 Å². The SMILES string of the molecule is C[C@H](C#N)OC(=O)c1ccc(C#N)cc1. The third-order valence-electron chi connectivity index (χ3n) is 1.72. The second-order valence-corrected chi connectivity index (χ2v) is 2.87. The number of benzene rings is 1. The van der Waals surface area contributed by atoms with E-state index in [1.165, 1.54) is 31.2 Å². The lowest BCUT2D eigenvalue weighted by Gasteiger charge is -2.05. The maximum atomic E-state index is 11.4. The number of carbonyl (C=O) groups is 1. The molecule has 0 radical (unpaired) electrons. The van der Waals surface area contributed by atoms with Gasteiger partial charge in [0.15, 0.2) is 6.10 Å². The molecular weight excluding hydrogens is 192 g/mol. The van der Waals surface area contributed by atoms with Crippen LogP contribution in [0, 0.1) is 22.7 Å². The molecule has 1 atom stereocenters. The highest BCUT2D eigenvalue weighted by atomic mass is 16.5. The van der Waals surface area contributed by atoms with Crippen molar-refractivity contribution in [1.82, 2.24) is 0 Å². The van der Waals surface area contributed by atoms with Gasteiger partial charge in [0.25, 0.3) is 0 Å². The molecule has 0 aliphatic rings. The Bertz CT molecular complexity index is 437. The fraction of sp³-hybridized carbons (Fsp3) is 0.182. The van der Waals surface area contributed by atoms with E-state index in [4.69, 9.17) is 15.3 Å². The molecule has 0 bridgehead atoms. The van der Waals surface area contributed by atoms with Crippen LogP contribution in [-0.2, 0) is 4.74 Å². The topological polar surface area (TPSA) is 73.9 Å². The third kappa shape index (κ3) is 2.82. The summed E-state index contributed by atoms with van der Waals surface area (Å²) >= 11 is 0. The quantitative estimate of drug-likeness (QED) is 0.680. The second kappa shape index (κ2) is 4.78. The minimum Gasteiger partial charge on any atom is -0.444 e. The minimum absolute atomic E-state index is 0.330. The molecule has 0 spiro atoms. The third-order valence-corrected chi connectivity index (χ3v) is 1.72. The van der Waals surface area contributed by atoms with Crippen LogP contribution >= 0.6 is 0 Å². The van der Waals surface area contributed by atoms with Crippen LogP contribution in [0.2, 0.25) is 0 Å². The van der Waals surface area contributed by atoms with Crippen LogP contribution in [0.25, 0.3) is 0 Å². The normalized spacial score (nSPS) is 10.9. The molecule has 4 nitrogen and oxygen atoms in total. The molecule has 0 saturated carbocycles. The van der Waals surface area contributed by atoms with E-state index in [1.807, 2.05) is 6.07 Å². The van der Waals surface area contributed by atoms with Crippen molar-refractivity contribution in [3.05, 3.63) is 35.4 Å². The summed E-state index contributed by atoms with van der Waals surface area (Å²) < 4.78 is 4.78. The van der Waals surface area contributed by atoms with Gasteiger partial charge in [-0.05, 0) is 31.2 Å². The van der Waals surface area contributed by atoms with Crippen molar-refractivity contribution in [3.63, 3.8) is 0 Å². The van der Waals surface area contributed by atoms with Gasteiger partial charge >= 0.3 is 5.97 Å². The molecule has 0 N–H and O–H groups in total. The summed E-state index contributed by atoms with van der Waals surface area (Å²) in [5.41, 5.74) is 0.802. The van der Waals surface area contributed by atoms with Gasteiger partial charge in [0.05, 0.1) is 17.2 Å². The molecule has 15 heavy (non-hydrogen) atoms. The van der Waals surface area contributed by atoms with E-state index in [-0.39, 0.29) is 0 Å².